The lowest BCUT2D eigenvalue weighted by Crippen LogP contribution is -2.25. The van der Waals surface area contributed by atoms with Gasteiger partial charge in [-0.25, -0.2) is 9.97 Å². The number of carbonyl (C=O) groups excluding carboxylic acids is 1. The van der Waals surface area contributed by atoms with Crippen molar-refractivity contribution in [2.24, 2.45) is 5.73 Å². The maximum Gasteiger partial charge on any atom is 0.267 e. The van der Waals surface area contributed by atoms with Gasteiger partial charge in [-0.3, -0.25) is 10.2 Å². The van der Waals surface area contributed by atoms with Gasteiger partial charge in [0.2, 0.25) is 0 Å². The fourth-order valence-electron chi connectivity index (χ4n) is 3.12. The van der Waals surface area contributed by atoms with Crippen LogP contribution < -0.4 is 17.2 Å². The van der Waals surface area contributed by atoms with E-state index in [9.17, 15) is 4.79 Å². The molecular formula is C21H26ClN7O. The molecule has 1 aromatic carbocycles. The summed E-state index contributed by atoms with van der Waals surface area (Å²) in [5, 5.41) is 8.04. The summed E-state index contributed by atoms with van der Waals surface area (Å²) in [6.45, 7) is 9.58. The first-order chi connectivity index (χ1) is 14.2. The summed E-state index contributed by atoms with van der Waals surface area (Å²) in [5.41, 5.74) is 19.8. The molecule has 2 heterocycles. The lowest BCUT2D eigenvalue weighted by Gasteiger charge is -2.33. The topological polar surface area (TPSA) is 148 Å². The Bertz CT molecular complexity index is 996. The van der Waals surface area contributed by atoms with Crippen LogP contribution in [0.5, 0.6) is 0 Å². The molecule has 0 fully saturated rings. The molecule has 7 N–H and O–H groups in total. The van der Waals surface area contributed by atoms with Gasteiger partial charge in [-0.1, -0.05) is 44.2 Å². The number of nitrogens with two attached hydrogens (primary N) is 3. The zero-order valence-corrected chi connectivity index (χ0v) is 17.8. The Balaban J connectivity index is 0.000000222. The van der Waals surface area contributed by atoms with Crippen molar-refractivity contribution in [3.63, 3.8) is 0 Å². The molecule has 158 valence electrons. The fraction of sp³-hybridized carbons (Fsp3) is 0.238. The lowest BCUT2D eigenvalue weighted by atomic mass is 9.97. The molecule has 3 rings (SSSR count). The standard InChI is InChI=1S/C15H18ClN.C6H8N6O/c1-4-9-17-11(3)15-12(10-13(17)5-2)7-6-8-14(15)16;7-3(6(10)13)2-4(8)11-1-12-5(2)9/h6-8,10H,3-5,9H2,1-2H3;1,7H,(H2,10,13)(H4,8,9,11,12). The molecule has 1 aliphatic rings. The molecule has 0 radical (unpaired) electrons. The Labute approximate surface area is 180 Å². The smallest absolute Gasteiger partial charge is 0.267 e. The number of allylic oxidation sites excluding steroid dienone is 1. The number of benzene rings is 1. The van der Waals surface area contributed by atoms with Crippen molar-refractivity contribution in [3.05, 3.63) is 58.5 Å². The van der Waals surface area contributed by atoms with E-state index in [4.69, 9.17) is 34.2 Å². The number of amides is 1. The van der Waals surface area contributed by atoms with Gasteiger partial charge in [0, 0.05) is 23.5 Å². The van der Waals surface area contributed by atoms with Crippen LogP contribution in [-0.4, -0.2) is 33.0 Å². The molecule has 8 nitrogen and oxygen atoms in total. The van der Waals surface area contributed by atoms with Gasteiger partial charge in [0.05, 0.1) is 10.6 Å². The molecule has 0 aliphatic carbocycles. The first-order valence-corrected chi connectivity index (χ1v) is 9.81. The number of nitrogens with zero attached hydrogens (tertiary/aromatic N) is 3. The second kappa shape index (κ2) is 9.89. The van der Waals surface area contributed by atoms with E-state index in [0.29, 0.717) is 0 Å². The van der Waals surface area contributed by atoms with Crippen LogP contribution in [0.4, 0.5) is 11.6 Å². The first-order valence-electron chi connectivity index (χ1n) is 9.43. The monoisotopic (exact) mass is 427 g/mol. The van der Waals surface area contributed by atoms with Gasteiger partial charge in [0.1, 0.15) is 23.7 Å². The highest BCUT2D eigenvalue weighted by molar-refractivity contribution is 6.45. The number of rotatable bonds is 5. The zero-order chi connectivity index (χ0) is 22.4. The van der Waals surface area contributed by atoms with Crippen molar-refractivity contribution in [3.8, 4) is 0 Å². The van der Waals surface area contributed by atoms with Crippen LogP contribution in [0.25, 0.3) is 11.8 Å². The van der Waals surface area contributed by atoms with Gasteiger partial charge in [0.25, 0.3) is 5.91 Å². The maximum absolute atomic E-state index is 10.6. The largest absolute Gasteiger partial charge is 0.383 e. The van der Waals surface area contributed by atoms with E-state index in [2.05, 4.69) is 47.4 Å². The van der Waals surface area contributed by atoms with Crippen molar-refractivity contribution in [2.75, 3.05) is 18.0 Å². The molecule has 0 atom stereocenters. The predicted octanol–water partition coefficient (Wildman–Crippen LogP) is 3.28. The molecule has 1 aromatic heterocycles. The van der Waals surface area contributed by atoms with E-state index >= 15 is 0 Å². The highest BCUT2D eigenvalue weighted by Crippen LogP contribution is 2.37. The molecule has 0 bridgehead atoms. The molecule has 0 saturated heterocycles. The van der Waals surface area contributed by atoms with E-state index in [1.165, 1.54) is 11.3 Å². The number of anilines is 2. The maximum atomic E-state index is 10.6. The van der Waals surface area contributed by atoms with Crippen molar-refractivity contribution < 1.29 is 4.79 Å². The Morgan fingerprint density at radius 1 is 1.23 bits per heavy atom. The summed E-state index contributed by atoms with van der Waals surface area (Å²) in [6.07, 6.45) is 5.50. The van der Waals surface area contributed by atoms with Crippen molar-refractivity contribution in [1.82, 2.24) is 14.9 Å². The van der Waals surface area contributed by atoms with E-state index in [1.807, 2.05) is 12.1 Å². The number of halogens is 1. The minimum Gasteiger partial charge on any atom is -0.383 e. The second-order valence-corrected chi connectivity index (χ2v) is 6.96. The normalized spacial score (nSPS) is 12.4. The highest BCUT2D eigenvalue weighted by atomic mass is 35.5. The number of hydrogen-bond donors (Lipinski definition) is 4. The van der Waals surface area contributed by atoms with Crippen LogP contribution in [0, 0.1) is 5.41 Å². The van der Waals surface area contributed by atoms with E-state index in [1.54, 1.807) is 0 Å². The molecule has 0 saturated carbocycles. The molecular weight excluding hydrogens is 402 g/mol. The second-order valence-electron chi connectivity index (χ2n) is 6.55. The van der Waals surface area contributed by atoms with Crippen LogP contribution in [0.1, 0.15) is 43.4 Å². The summed E-state index contributed by atoms with van der Waals surface area (Å²) < 4.78 is 0. The number of fused-ring (bicyclic) bond motifs is 1. The minimum absolute atomic E-state index is 0.0185. The Hall–Kier alpha value is -3.39. The average Bonchev–Trinajstić information content (AvgIpc) is 2.70. The van der Waals surface area contributed by atoms with Crippen LogP contribution >= 0.6 is 11.6 Å². The van der Waals surface area contributed by atoms with Gasteiger partial charge in [0.15, 0.2) is 0 Å². The quantitative estimate of drug-likeness (QED) is 0.538. The van der Waals surface area contributed by atoms with Crippen LogP contribution in [0.2, 0.25) is 5.02 Å². The molecule has 30 heavy (non-hydrogen) atoms. The third-order valence-corrected chi connectivity index (χ3v) is 4.86. The van der Waals surface area contributed by atoms with Crippen molar-refractivity contribution in [1.29, 1.82) is 5.41 Å². The fourth-order valence-corrected chi connectivity index (χ4v) is 3.41. The van der Waals surface area contributed by atoms with Gasteiger partial charge in [-0.2, -0.15) is 0 Å². The highest BCUT2D eigenvalue weighted by Gasteiger charge is 2.22. The van der Waals surface area contributed by atoms with Crippen LogP contribution in [0.15, 0.2) is 36.8 Å². The SMILES string of the molecule is C=C1c2c(Cl)cccc2C=C(CC)N1CCC.N=C(C(N)=O)c1c(N)ncnc1N. The summed E-state index contributed by atoms with van der Waals surface area (Å²) in [4.78, 5) is 20.1. The molecule has 9 heteroatoms. The number of carbonyl (C=O) groups is 1. The van der Waals surface area contributed by atoms with Gasteiger partial charge in [-0.05, 0) is 30.5 Å². The zero-order valence-electron chi connectivity index (χ0n) is 17.1. The number of hydrogen-bond acceptors (Lipinski definition) is 7. The first kappa shape index (κ1) is 22.9. The Kier molecular flexibility index (Phi) is 7.54. The summed E-state index contributed by atoms with van der Waals surface area (Å²) in [7, 11) is 0. The number of primary amides is 1. The third-order valence-electron chi connectivity index (χ3n) is 4.54. The van der Waals surface area contributed by atoms with Gasteiger partial charge in [-0.15, -0.1) is 0 Å². The number of nitrogen functional groups attached to an aromatic ring is 2. The number of nitrogens with one attached hydrogen (secondary N) is 1. The summed E-state index contributed by atoms with van der Waals surface area (Å²) >= 11 is 6.28. The average molecular weight is 428 g/mol. The van der Waals surface area contributed by atoms with Crippen molar-refractivity contribution in [2.45, 2.75) is 26.7 Å². The molecule has 2 aromatic rings. The Morgan fingerprint density at radius 3 is 2.40 bits per heavy atom. The van der Waals surface area contributed by atoms with Crippen LogP contribution in [-0.2, 0) is 4.79 Å². The summed E-state index contributed by atoms with van der Waals surface area (Å²) in [5.74, 6) is -0.985. The molecule has 0 unspecified atom stereocenters. The molecule has 1 amide bonds. The number of aromatic nitrogens is 2. The predicted molar refractivity (Wildman–Crippen MR) is 123 cm³/mol. The summed E-state index contributed by atoms with van der Waals surface area (Å²) in [6, 6.07) is 6.03. The van der Waals surface area contributed by atoms with Gasteiger partial charge < -0.3 is 22.1 Å². The molecule has 0 spiro atoms. The van der Waals surface area contributed by atoms with Crippen molar-refractivity contribution >= 4 is 46.6 Å². The molecule has 1 aliphatic heterocycles. The van der Waals surface area contributed by atoms with Crippen LogP contribution in [0.3, 0.4) is 0 Å². The Morgan fingerprint density at radius 2 is 1.87 bits per heavy atom. The lowest BCUT2D eigenvalue weighted by molar-refractivity contribution is -0.112. The van der Waals surface area contributed by atoms with E-state index in [-0.39, 0.29) is 17.2 Å². The van der Waals surface area contributed by atoms with Gasteiger partial charge >= 0.3 is 0 Å². The van der Waals surface area contributed by atoms with E-state index in [0.717, 1.165) is 42.0 Å². The minimum atomic E-state index is -0.923. The third kappa shape index (κ3) is 4.77. The van der Waals surface area contributed by atoms with E-state index < -0.39 is 11.6 Å².